The van der Waals surface area contributed by atoms with E-state index in [4.69, 9.17) is 11.6 Å². The van der Waals surface area contributed by atoms with E-state index in [1.165, 1.54) is 7.11 Å². The molecule has 1 aromatic carbocycles. The summed E-state index contributed by atoms with van der Waals surface area (Å²) in [7, 11) is 1.35. The van der Waals surface area contributed by atoms with E-state index < -0.39 is 0 Å². The molecule has 0 aliphatic carbocycles. The monoisotopic (exact) mass is 323 g/mol. The van der Waals surface area contributed by atoms with Crippen LogP contribution >= 0.6 is 11.6 Å². The fourth-order valence-corrected chi connectivity index (χ4v) is 2.33. The number of piperazine rings is 1. The summed E-state index contributed by atoms with van der Waals surface area (Å²) in [4.78, 5) is 26.6. The van der Waals surface area contributed by atoms with Crippen molar-refractivity contribution in [1.82, 2.24) is 15.1 Å². The van der Waals surface area contributed by atoms with Crippen molar-refractivity contribution in [2.24, 2.45) is 0 Å². The Kier molecular flexibility index (Phi) is 5.66. The highest BCUT2D eigenvalue weighted by Gasteiger charge is 2.23. The Bertz CT molecular complexity index is 569. The number of hydrogen-bond donors (Lipinski definition) is 1. The van der Waals surface area contributed by atoms with E-state index >= 15 is 0 Å². The third-order valence-corrected chi connectivity index (χ3v) is 3.57. The van der Waals surface area contributed by atoms with Gasteiger partial charge in [-0.2, -0.15) is 0 Å². The summed E-state index contributed by atoms with van der Waals surface area (Å²) in [6.07, 6.45) is 3.00. The summed E-state index contributed by atoms with van der Waals surface area (Å²) >= 11 is 5.89. The van der Waals surface area contributed by atoms with E-state index in [9.17, 15) is 9.59 Å². The minimum Gasteiger partial charge on any atom is -0.453 e. The quantitative estimate of drug-likeness (QED) is 0.909. The first kappa shape index (κ1) is 16.2. The second-order valence-electron chi connectivity index (χ2n) is 4.78. The summed E-state index contributed by atoms with van der Waals surface area (Å²) in [5.41, 5.74) is 0.906. The normalized spacial score (nSPS) is 15.0. The molecular formula is C15H18ClN3O3. The van der Waals surface area contributed by atoms with Crippen molar-refractivity contribution in [3.63, 3.8) is 0 Å². The maximum absolute atomic E-state index is 12.0. The van der Waals surface area contributed by atoms with Gasteiger partial charge in [-0.25, -0.2) is 9.59 Å². The lowest BCUT2D eigenvalue weighted by Gasteiger charge is -2.33. The zero-order chi connectivity index (χ0) is 15.9. The molecule has 1 N–H and O–H groups in total. The molecule has 0 radical (unpaired) electrons. The number of benzene rings is 1. The van der Waals surface area contributed by atoms with Gasteiger partial charge in [0.05, 0.1) is 7.11 Å². The zero-order valence-electron chi connectivity index (χ0n) is 12.3. The van der Waals surface area contributed by atoms with Crippen molar-refractivity contribution < 1.29 is 14.3 Å². The van der Waals surface area contributed by atoms with Crippen LogP contribution in [0.4, 0.5) is 9.59 Å². The van der Waals surface area contributed by atoms with Crippen molar-refractivity contribution in [3.8, 4) is 0 Å². The number of nitrogens with zero attached hydrogens (tertiary/aromatic N) is 2. The van der Waals surface area contributed by atoms with E-state index in [1.807, 2.05) is 12.1 Å². The van der Waals surface area contributed by atoms with E-state index in [1.54, 1.807) is 34.2 Å². The predicted octanol–water partition coefficient (Wildman–Crippen LogP) is 2.40. The third kappa shape index (κ3) is 4.39. The van der Waals surface area contributed by atoms with E-state index in [2.05, 4.69) is 10.1 Å². The predicted molar refractivity (Wildman–Crippen MR) is 84.6 cm³/mol. The molecule has 0 bridgehead atoms. The van der Waals surface area contributed by atoms with Crippen molar-refractivity contribution in [2.45, 2.75) is 0 Å². The van der Waals surface area contributed by atoms with Crippen LogP contribution in [0.5, 0.6) is 0 Å². The molecule has 6 nitrogen and oxygen atoms in total. The van der Waals surface area contributed by atoms with Crippen LogP contribution in [0.1, 0.15) is 5.56 Å². The summed E-state index contributed by atoms with van der Waals surface area (Å²) in [6, 6.07) is 7.14. The largest absolute Gasteiger partial charge is 0.453 e. The lowest BCUT2D eigenvalue weighted by Crippen LogP contribution is -2.52. The molecule has 1 aromatic rings. The second-order valence-corrected chi connectivity index (χ2v) is 5.22. The van der Waals surface area contributed by atoms with Crippen LogP contribution in [0.25, 0.3) is 6.08 Å². The minimum atomic E-state index is -0.360. The van der Waals surface area contributed by atoms with E-state index in [0.29, 0.717) is 31.2 Å². The summed E-state index contributed by atoms with van der Waals surface area (Å²) in [5, 5.41) is 3.35. The van der Waals surface area contributed by atoms with Crippen LogP contribution in [0.3, 0.4) is 0 Å². The van der Waals surface area contributed by atoms with Gasteiger partial charge in [0.25, 0.3) is 0 Å². The van der Waals surface area contributed by atoms with Gasteiger partial charge in [-0.1, -0.05) is 23.7 Å². The second kappa shape index (κ2) is 7.70. The minimum absolute atomic E-state index is 0.192. The molecule has 0 spiro atoms. The van der Waals surface area contributed by atoms with Gasteiger partial charge in [-0.3, -0.25) is 0 Å². The first-order valence-electron chi connectivity index (χ1n) is 6.90. The molecule has 118 valence electrons. The van der Waals surface area contributed by atoms with Crippen LogP contribution in [-0.2, 0) is 4.74 Å². The van der Waals surface area contributed by atoms with Gasteiger partial charge in [-0.15, -0.1) is 0 Å². The zero-order valence-corrected chi connectivity index (χ0v) is 13.0. The summed E-state index contributed by atoms with van der Waals surface area (Å²) in [5.74, 6) is 0. The number of carbonyl (C=O) groups excluding carboxylic acids is 2. The van der Waals surface area contributed by atoms with Gasteiger partial charge < -0.3 is 19.9 Å². The Balaban J connectivity index is 1.80. The maximum atomic E-state index is 12.0. The fraction of sp³-hybridized carbons (Fsp3) is 0.333. The number of urea groups is 1. The molecule has 1 heterocycles. The smallest absolute Gasteiger partial charge is 0.409 e. The lowest BCUT2D eigenvalue weighted by atomic mass is 10.2. The van der Waals surface area contributed by atoms with E-state index in [-0.39, 0.29) is 12.1 Å². The Morgan fingerprint density at radius 2 is 1.91 bits per heavy atom. The summed E-state index contributed by atoms with van der Waals surface area (Å²) in [6.45, 7) is 1.90. The Labute approximate surface area is 134 Å². The van der Waals surface area contributed by atoms with Crippen molar-refractivity contribution in [1.29, 1.82) is 0 Å². The number of amides is 3. The Morgan fingerprint density at radius 3 is 2.55 bits per heavy atom. The highest BCUT2D eigenvalue weighted by atomic mass is 35.5. The molecule has 1 saturated heterocycles. The van der Waals surface area contributed by atoms with Crippen LogP contribution < -0.4 is 5.32 Å². The number of methoxy groups -OCH3 is 1. The molecule has 7 heteroatoms. The molecule has 0 atom stereocenters. The van der Waals surface area contributed by atoms with Gasteiger partial charge in [-0.05, 0) is 23.8 Å². The fourth-order valence-electron chi connectivity index (χ4n) is 2.13. The van der Waals surface area contributed by atoms with Crippen molar-refractivity contribution in [2.75, 3.05) is 33.3 Å². The Morgan fingerprint density at radius 1 is 1.23 bits per heavy atom. The van der Waals surface area contributed by atoms with Crippen LogP contribution in [0.15, 0.2) is 30.5 Å². The molecule has 22 heavy (non-hydrogen) atoms. The van der Waals surface area contributed by atoms with Crippen LogP contribution in [0.2, 0.25) is 5.02 Å². The molecular weight excluding hydrogens is 306 g/mol. The molecule has 1 aliphatic rings. The standard InChI is InChI=1S/C15H18ClN3O3/c1-22-15(21)19-9-7-18(8-10-19)14(20)17-6-5-12-3-2-4-13(16)11-12/h2-6,11H,7-10H2,1H3,(H,17,20)/b6-5+. The molecule has 1 aliphatic heterocycles. The van der Waals surface area contributed by atoms with Gasteiger partial charge in [0, 0.05) is 37.4 Å². The number of ether oxygens (including phenoxy) is 1. The van der Waals surface area contributed by atoms with Crippen molar-refractivity contribution >= 4 is 29.8 Å². The number of nitrogens with one attached hydrogen (secondary N) is 1. The molecule has 3 amide bonds. The van der Waals surface area contributed by atoms with Crippen LogP contribution in [0, 0.1) is 0 Å². The number of halogens is 1. The number of hydrogen-bond acceptors (Lipinski definition) is 3. The molecule has 1 fully saturated rings. The number of rotatable bonds is 2. The van der Waals surface area contributed by atoms with E-state index in [0.717, 1.165) is 5.56 Å². The Hall–Kier alpha value is -2.21. The molecule has 0 saturated carbocycles. The van der Waals surface area contributed by atoms with Gasteiger partial charge >= 0.3 is 12.1 Å². The van der Waals surface area contributed by atoms with Crippen molar-refractivity contribution in [3.05, 3.63) is 41.1 Å². The van der Waals surface area contributed by atoms with Gasteiger partial charge in [0.1, 0.15) is 0 Å². The topological polar surface area (TPSA) is 61.9 Å². The summed E-state index contributed by atoms with van der Waals surface area (Å²) < 4.78 is 4.65. The lowest BCUT2D eigenvalue weighted by molar-refractivity contribution is 0.0977. The van der Waals surface area contributed by atoms with Crippen LogP contribution in [-0.4, -0.2) is 55.2 Å². The van der Waals surface area contributed by atoms with Gasteiger partial charge in [0.2, 0.25) is 0 Å². The first-order valence-corrected chi connectivity index (χ1v) is 7.28. The number of carbonyl (C=O) groups is 2. The highest BCUT2D eigenvalue weighted by molar-refractivity contribution is 6.30. The highest BCUT2D eigenvalue weighted by Crippen LogP contribution is 2.11. The molecule has 0 aromatic heterocycles. The average Bonchev–Trinajstić information content (AvgIpc) is 2.54. The third-order valence-electron chi connectivity index (χ3n) is 3.33. The molecule has 0 unspecified atom stereocenters. The SMILES string of the molecule is COC(=O)N1CCN(C(=O)N/C=C/c2cccc(Cl)c2)CC1. The average molecular weight is 324 g/mol. The first-order chi connectivity index (χ1) is 10.6. The maximum Gasteiger partial charge on any atom is 0.409 e. The van der Waals surface area contributed by atoms with Gasteiger partial charge in [0.15, 0.2) is 0 Å². The molecule has 2 rings (SSSR count).